The number of cyclic esters (lactones) is 1. The van der Waals surface area contributed by atoms with Crippen LogP contribution in [0.4, 0.5) is 5.69 Å². The minimum Gasteiger partial charge on any atom is -0.497 e. The largest absolute Gasteiger partial charge is 0.497 e. The van der Waals surface area contributed by atoms with Gasteiger partial charge in [-0.2, -0.15) is 0 Å². The summed E-state index contributed by atoms with van der Waals surface area (Å²) in [6.07, 6.45) is 3.76. The minimum atomic E-state index is -1.48. The molecule has 0 saturated heterocycles. The van der Waals surface area contributed by atoms with Crippen LogP contribution in [0, 0.1) is 5.92 Å². The van der Waals surface area contributed by atoms with Gasteiger partial charge >= 0.3 is 5.97 Å². The van der Waals surface area contributed by atoms with E-state index in [4.69, 9.17) is 9.47 Å². The highest BCUT2D eigenvalue weighted by atomic mass is 16.5. The summed E-state index contributed by atoms with van der Waals surface area (Å²) in [6.45, 7) is 1.47. The first kappa shape index (κ1) is 20.7. The van der Waals surface area contributed by atoms with Crippen LogP contribution in [0.25, 0.3) is 6.08 Å². The number of methoxy groups -OCH3 is 1. The Balaban J connectivity index is 1.69. The number of allylic oxidation sites excluding steroid dienone is 3. The van der Waals surface area contributed by atoms with Gasteiger partial charge in [0.15, 0.2) is 17.5 Å². The standard InChI is InChI=1S/C23H19NO6/c1-14-12-20(26)21(23(28)30-14)19(25)11-6-15-4-3-5-17(13-15)24-22(27)16-7-9-18(29-2)10-8-16/h3-13,21H,1-2H3,(H,24,27)/b11-6+/t21-/m1/s1. The Hall–Kier alpha value is -4.00. The van der Waals surface area contributed by atoms with Gasteiger partial charge in [0.2, 0.25) is 0 Å². The van der Waals surface area contributed by atoms with Crippen molar-refractivity contribution in [2.75, 3.05) is 12.4 Å². The molecule has 0 aliphatic carbocycles. The fourth-order valence-electron chi connectivity index (χ4n) is 2.84. The maximum atomic E-state index is 12.4. The number of ketones is 2. The van der Waals surface area contributed by atoms with E-state index in [9.17, 15) is 19.2 Å². The molecule has 0 spiro atoms. The van der Waals surface area contributed by atoms with E-state index in [2.05, 4.69) is 5.32 Å². The zero-order valence-corrected chi connectivity index (χ0v) is 16.4. The summed E-state index contributed by atoms with van der Waals surface area (Å²) in [5.74, 6) is -3.11. The average molecular weight is 405 g/mol. The number of carbonyl (C=O) groups is 4. The second-order valence-corrected chi connectivity index (χ2v) is 6.56. The Labute approximate surface area is 173 Å². The maximum absolute atomic E-state index is 12.4. The maximum Gasteiger partial charge on any atom is 0.329 e. The number of benzene rings is 2. The van der Waals surface area contributed by atoms with E-state index >= 15 is 0 Å². The van der Waals surface area contributed by atoms with Crippen LogP contribution < -0.4 is 10.1 Å². The molecule has 0 unspecified atom stereocenters. The molecule has 1 amide bonds. The smallest absolute Gasteiger partial charge is 0.329 e. The highest BCUT2D eigenvalue weighted by molar-refractivity contribution is 6.25. The van der Waals surface area contributed by atoms with Gasteiger partial charge in [0, 0.05) is 17.3 Å². The lowest BCUT2D eigenvalue weighted by Gasteiger charge is -2.15. The Morgan fingerprint density at radius 1 is 1.10 bits per heavy atom. The third-order valence-electron chi connectivity index (χ3n) is 4.35. The Kier molecular flexibility index (Phi) is 6.22. The van der Waals surface area contributed by atoms with Crippen molar-refractivity contribution in [1.82, 2.24) is 0 Å². The summed E-state index contributed by atoms with van der Waals surface area (Å²) in [7, 11) is 1.55. The molecule has 0 saturated carbocycles. The average Bonchev–Trinajstić information content (AvgIpc) is 2.72. The van der Waals surface area contributed by atoms with Crippen molar-refractivity contribution in [1.29, 1.82) is 0 Å². The van der Waals surface area contributed by atoms with Crippen molar-refractivity contribution in [2.45, 2.75) is 6.92 Å². The Morgan fingerprint density at radius 3 is 2.50 bits per heavy atom. The Bertz CT molecular complexity index is 1070. The number of carbonyl (C=O) groups excluding carboxylic acids is 4. The fraction of sp³-hybridized carbons (Fsp3) is 0.130. The predicted octanol–water partition coefficient (Wildman–Crippen LogP) is 3.18. The molecule has 2 aromatic rings. The first-order valence-corrected chi connectivity index (χ1v) is 9.08. The first-order chi connectivity index (χ1) is 14.4. The van der Waals surface area contributed by atoms with E-state index in [-0.39, 0.29) is 11.7 Å². The van der Waals surface area contributed by atoms with Crippen LogP contribution >= 0.6 is 0 Å². The monoisotopic (exact) mass is 405 g/mol. The van der Waals surface area contributed by atoms with Crippen molar-refractivity contribution >= 4 is 35.2 Å². The summed E-state index contributed by atoms with van der Waals surface area (Å²) in [5.41, 5.74) is 1.60. The second kappa shape index (κ2) is 9.00. The lowest BCUT2D eigenvalue weighted by atomic mass is 9.96. The molecule has 0 radical (unpaired) electrons. The molecule has 2 aromatic carbocycles. The molecule has 3 rings (SSSR count). The van der Waals surface area contributed by atoms with E-state index < -0.39 is 23.5 Å². The van der Waals surface area contributed by atoms with Gasteiger partial charge in [0.1, 0.15) is 11.5 Å². The van der Waals surface area contributed by atoms with Gasteiger partial charge in [0.05, 0.1) is 7.11 Å². The van der Waals surface area contributed by atoms with Gasteiger partial charge in [-0.25, -0.2) is 0 Å². The highest BCUT2D eigenvalue weighted by Gasteiger charge is 2.36. The van der Waals surface area contributed by atoms with Crippen molar-refractivity contribution in [3.8, 4) is 5.75 Å². The van der Waals surface area contributed by atoms with Crippen LogP contribution in [-0.4, -0.2) is 30.6 Å². The number of esters is 1. The zero-order chi connectivity index (χ0) is 21.7. The molecule has 1 aliphatic heterocycles. The molecule has 1 aliphatic rings. The summed E-state index contributed by atoms with van der Waals surface area (Å²) >= 11 is 0. The number of nitrogens with one attached hydrogen (secondary N) is 1. The summed E-state index contributed by atoms with van der Waals surface area (Å²) in [4.78, 5) is 48.4. The van der Waals surface area contributed by atoms with Crippen LogP contribution in [0.1, 0.15) is 22.8 Å². The van der Waals surface area contributed by atoms with Crippen LogP contribution in [0.3, 0.4) is 0 Å². The third kappa shape index (κ3) is 4.88. The van der Waals surface area contributed by atoms with Crippen molar-refractivity contribution in [3.05, 3.63) is 77.6 Å². The molecule has 7 heteroatoms. The third-order valence-corrected chi connectivity index (χ3v) is 4.35. The van der Waals surface area contributed by atoms with E-state index in [0.29, 0.717) is 22.6 Å². The molecule has 7 nitrogen and oxygen atoms in total. The molecule has 152 valence electrons. The van der Waals surface area contributed by atoms with E-state index in [1.807, 2.05) is 0 Å². The predicted molar refractivity (Wildman–Crippen MR) is 110 cm³/mol. The number of rotatable bonds is 6. The molecule has 1 heterocycles. The van der Waals surface area contributed by atoms with Gasteiger partial charge < -0.3 is 14.8 Å². The van der Waals surface area contributed by atoms with Crippen LogP contribution in [0.5, 0.6) is 5.75 Å². The van der Waals surface area contributed by atoms with Crippen LogP contribution in [0.15, 0.2) is 66.4 Å². The van der Waals surface area contributed by atoms with Gasteiger partial charge in [-0.3, -0.25) is 19.2 Å². The van der Waals surface area contributed by atoms with Gasteiger partial charge in [-0.15, -0.1) is 0 Å². The number of ether oxygens (including phenoxy) is 2. The fourth-order valence-corrected chi connectivity index (χ4v) is 2.84. The van der Waals surface area contributed by atoms with Crippen LogP contribution in [0.2, 0.25) is 0 Å². The zero-order valence-electron chi connectivity index (χ0n) is 16.4. The topological polar surface area (TPSA) is 98.8 Å². The molecule has 0 bridgehead atoms. The quantitative estimate of drug-likeness (QED) is 0.450. The normalized spacial score (nSPS) is 16.1. The van der Waals surface area contributed by atoms with E-state index in [1.165, 1.54) is 13.0 Å². The van der Waals surface area contributed by atoms with E-state index in [1.54, 1.807) is 55.6 Å². The molecular formula is C23H19NO6. The van der Waals surface area contributed by atoms with Crippen molar-refractivity contribution in [3.63, 3.8) is 0 Å². The molecule has 1 N–H and O–H groups in total. The second-order valence-electron chi connectivity index (χ2n) is 6.56. The number of hydrogen-bond donors (Lipinski definition) is 1. The van der Waals surface area contributed by atoms with Crippen molar-refractivity contribution < 1.29 is 28.7 Å². The lowest BCUT2D eigenvalue weighted by molar-refractivity contribution is -0.151. The lowest BCUT2D eigenvalue weighted by Crippen LogP contribution is -2.34. The Morgan fingerprint density at radius 2 is 1.83 bits per heavy atom. The summed E-state index contributed by atoms with van der Waals surface area (Å²) < 4.78 is 9.92. The van der Waals surface area contributed by atoms with Gasteiger partial charge in [-0.1, -0.05) is 18.2 Å². The SMILES string of the molecule is COc1ccc(C(=O)Nc2cccc(/C=C/C(=O)[C@@H]3C(=O)C=C(C)OC3=O)c2)cc1. The molecule has 30 heavy (non-hydrogen) atoms. The summed E-state index contributed by atoms with van der Waals surface area (Å²) in [5, 5.41) is 2.77. The van der Waals surface area contributed by atoms with Crippen molar-refractivity contribution in [2.24, 2.45) is 5.92 Å². The molecular weight excluding hydrogens is 386 g/mol. The van der Waals surface area contributed by atoms with Crippen LogP contribution in [-0.2, 0) is 19.1 Å². The number of amides is 1. The summed E-state index contributed by atoms with van der Waals surface area (Å²) in [6, 6.07) is 13.5. The molecule has 0 aromatic heterocycles. The number of hydrogen-bond acceptors (Lipinski definition) is 6. The minimum absolute atomic E-state index is 0.165. The van der Waals surface area contributed by atoms with Gasteiger partial charge in [0.25, 0.3) is 5.91 Å². The van der Waals surface area contributed by atoms with Gasteiger partial charge in [-0.05, 0) is 55.0 Å². The number of anilines is 1. The highest BCUT2D eigenvalue weighted by Crippen LogP contribution is 2.18. The molecule has 0 fully saturated rings. The molecule has 1 atom stereocenters. The van der Waals surface area contributed by atoms with E-state index in [0.717, 1.165) is 12.2 Å². The first-order valence-electron chi connectivity index (χ1n) is 9.08.